The third kappa shape index (κ3) is 6.03. The topological polar surface area (TPSA) is 77.7 Å². The number of piperidine rings is 1. The van der Waals surface area contributed by atoms with Crippen LogP contribution in [0.5, 0.6) is 5.75 Å². The molecule has 29 heavy (non-hydrogen) atoms. The molecule has 0 unspecified atom stereocenters. The smallest absolute Gasteiger partial charge is 0.223 e. The number of carbonyl (C=O) groups excluding carboxylic acids is 1. The summed E-state index contributed by atoms with van der Waals surface area (Å²) in [4.78, 5) is 14.7. The molecule has 0 bridgehead atoms. The third-order valence-electron chi connectivity index (χ3n) is 5.46. The Balaban J connectivity index is 1.49. The number of nitrogens with zero attached hydrogens (tertiary/aromatic N) is 3. The molecule has 1 aromatic heterocycles. The standard InChI is InChI=1S/C22H31N3O4/c1-27-16-14-18-8-5-6-15-25(18)22(26)13-12-21-24-23-20(29-21)11-10-17-7-3-4-9-19(17)28-2/h3-4,7,9,18H,5-6,8,10-16H2,1-2H3/t18-/m0/s1. The van der Waals surface area contributed by atoms with Gasteiger partial charge in [0.2, 0.25) is 17.7 Å². The van der Waals surface area contributed by atoms with Crippen LogP contribution in [0.3, 0.4) is 0 Å². The average Bonchev–Trinajstić information content (AvgIpc) is 3.23. The van der Waals surface area contributed by atoms with Crippen molar-refractivity contribution < 1.29 is 18.7 Å². The van der Waals surface area contributed by atoms with E-state index in [9.17, 15) is 4.79 Å². The Bertz CT molecular complexity index is 777. The predicted molar refractivity (Wildman–Crippen MR) is 109 cm³/mol. The molecule has 2 heterocycles. The van der Waals surface area contributed by atoms with Gasteiger partial charge in [0.1, 0.15) is 5.75 Å². The van der Waals surface area contributed by atoms with Crippen LogP contribution in [0.4, 0.5) is 0 Å². The molecule has 1 aliphatic rings. The molecule has 0 aliphatic carbocycles. The molecule has 0 N–H and O–H groups in total. The molecule has 158 valence electrons. The first-order chi connectivity index (χ1) is 14.2. The second kappa shape index (κ2) is 11.0. The van der Waals surface area contributed by atoms with E-state index in [-0.39, 0.29) is 11.9 Å². The van der Waals surface area contributed by atoms with Gasteiger partial charge in [0.25, 0.3) is 0 Å². The lowest BCUT2D eigenvalue weighted by Gasteiger charge is -2.35. The molecule has 3 rings (SSSR count). The number of ether oxygens (including phenoxy) is 2. The van der Waals surface area contributed by atoms with Crippen LogP contribution in [0.15, 0.2) is 28.7 Å². The van der Waals surface area contributed by atoms with Gasteiger partial charge in [-0.1, -0.05) is 18.2 Å². The Kier molecular flexibility index (Phi) is 8.04. The van der Waals surface area contributed by atoms with Crippen molar-refractivity contribution in [2.75, 3.05) is 27.4 Å². The molecule has 1 atom stereocenters. The van der Waals surface area contributed by atoms with E-state index < -0.39 is 0 Å². The minimum Gasteiger partial charge on any atom is -0.496 e. The number of para-hydroxylation sites is 1. The van der Waals surface area contributed by atoms with Gasteiger partial charge in [0.15, 0.2) is 0 Å². The molecule has 0 spiro atoms. The lowest BCUT2D eigenvalue weighted by Crippen LogP contribution is -2.44. The molecule has 1 amide bonds. The molecule has 7 heteroatoms. The van der Waals surface area contributed by atoms with Crippen molar-refractivity contribution in [3.63, 3.8) is 0 Å². The number of likely N-dealkylation sites (tertiary alicyclic amines) is 1. The highest BCUT2D eigenvalue weighted by Gasteiger charge is 2.26. The number of methoxy groups -OCH3 is 2. The molecule has 0 saturated carbocycles. The fourth-order valence-corrected chi connectivity index (χ4v) is 3.88. The van der Waals surface area contributed by atoms with Crippen LogP contribution in [0, 0.1) is 0 Å². The second-order valence-corrected chi connectivity index (χ2v) is 7.42. The number of rotatable bonds is 10. The van der Waals surface area contributed by atoms with Gasteiger partial charge in [-0.3, -0.25) is 4.79 Å². The number of hydrogen-bond acceptors (Lipinski definition) is 6. The lowest BCUT2D eigenvalue weighted by atomic mass is 9.99. The molecule has 0 radical (unpaired) electrons. The summed E-state index contributed by atoms with van der Waals surface area (Å²) in [6, 6.07) is 8.21. The van der Waals surface area contributed by atoms with Crippen molar-refractivity contribution in [2.45, 2.75) is 57.4 Å². The lowest BCUT2D eigenvalue weighted by molar-refractivity contribution is -0.135. The summed E-state index contributed by atoms with van der Waals surface area (Å²) in [6.07, 6.45) is 6.50. The van der Waals surface area contributed by atoms with Crippen LogP contribution < -0.4 is 4.74 Å². The number of aromatic nitrogens is 2. The first kappa shape index (κ1) is 21.3. The van der Waals surface area contributed by atoms with Gasteiger partial charge in [0.05, 0.1) is 7.11 Å². The van der Waals surface area contributed by atoms with Crippen LogP contribution in [0.2, 0.25) is 0 Å². The van der Waals surface area contributed by atoms with E-state index in [1.165, 1.54) is 6.42 Å². The van der Waals surface area contributed by atoms with Gasteiger partial charge < -0.3 is 18.8 Å². The van der Waals surface area contributed by atoms with Crippen molar-refractivity contribution >= 4 is 5.91 Å². The Hall–Kier alpha value is -2.41. The van der Waals surface area contributed by atoms with Crippen molar-refractivity contribution in [3.05, 3.63) is 41.6 Å². The molecule has 1 aromatic carbocycles. The second-order valence-electron chi connectivity index (χ2n) is 7.42. The number of carbonyl (C=O) groups is 1. The predicted octanol–water partition coefficient (Wildman–Crippen LogP) is 3.21. The molecular formula is C22H31N3O4. The summed E-state index contributed by atoms with van der Waals surface area (Å²) in [5.74, 6) is 2.15. The van der Waals surface area contributed by atoms with Crippen molar-refractivity contribution in [1.82, 2.24) is 15.1 Å². The van der Waals surface area contributed by atoms with Crippen LogP contribution in [0.25, 0.3) is 0 Å². The highest BCUT2D eigenvalue weighted by Crippen LogP contribution is 2.22. The minimum atomic E-state index is 0.166. The average molecular weight is 402 g/mol. The van der Waals surface area contributed by atoms with Crippen LogP contribution in [-0.2, 0) is 28.8 Å². The van der Waals surface area contributed by atoms with E-state index in [2.05, 4.69) is 10.2 Å². The van der Waals surface area contributed by atoms with E-state index in [0.29, 0.717) is 37.7 Å². The number of amides is 1. The van der Waals surface area contributed by atoms with E-state index in [1.807, 2.05) is 29.2 Å². The van der Waals surface area contributed by atoms with Gasteiger partial charge in [0, 0.05) is 45.6 Å². The van der Waals surface area contributed by atoms with Crippen molar-refractivity contribution in [1.29, 1.82) is 0 Å². The fourth-order valence-electron chi connectivity index (χ4n) is 3.88. The maximum Gasteiger partial charge on any atom is 0.223 e. The minimum absolute atomic E-state index is 0.166. The fraction of sp³-hybridized carbons (Fsp3) is 0.591. The quantitative estimate of drug-likeness (QED) is 0.608. The van der Waals surface area contributed by atoms with Gasteiger partial charge in [-0.25, -0.2) is 0 Å². The summed E-state index contributed by atoms with van der Waals surface area (Å²) in [5, 5.41) is 8.25. The molecule has 7 nitrogen and oxygen atoms in total. The van der Waals surface area contributed by atoms with Gasteiger partial charge in [-0.2, -0.15) is 0 Å². The third-order valence-corrected chi connectivity index (χ3v) is 5.46. The SMILES string of the molecule is COCC[C@@H]1CCCCN1C(=O)CCc1nnc(CCc2ccccc2OC)o1. The highest BCUT2D eigenvalue weighted by atomic mass is 16.5. The van der Waals surface area contributed by atoms with Gasteiger partial charge in [-0.05, 0) is 43.7 Å². The van der Waals surface area contributed by atoms with Crippen LogP contribution in [0.1, 0.15) is 49.4 Å². The summed E-state index contributed by atoms with van der Waals surface area (Å²) in [5.41, 5.74) is 1.11. The number of aryl methyl sites for hydroxylation is 3. The zero-order valence-corrected chi connectivity index (χ0v) is 17.4. The normalized spacial score (nSPS) is 16.8. The molecule has 1 fully saturated rings. The number of hydrogen-bond donors (Lipinski definition) is 0. The van der Waals surface area contributed by atoms with E-state index in [4.69, 9.17) is 13.9 Å². The molecular weight excluding hydrogens is 370 g/mol. The van der Waals surface area contributed by atoms with Gasteiger partial charge >= 0.3 is 0 Å². The molecule has 2 aromatic rings. The molecule has 1 aliphatic heterocycles. The summed E-state index contributed by atoms with van der Waals surface area (Å²) in [6.45, 7) is 1.52. The summed E-state index contributed by atoms with van der Waals surface area (Å²) >= 11 is 0. The van der Waals surface area contributed by atoms with Crippen molar-refractivity contribution in [3.8, 4) is 5.75 Å². The Morgan fingerprint density at radius 1 is 1.14 bits per heavy atom. The van der Waals surface area contributed by atoms with Gasteiger partial charge in [-0.15, -0.1) is 10.2 Å². The van der Waals surface area contributed by atoms with Crippen molar-refractivity contribution in [2.24, 2.45) is 0 Å². The summed E-state index contributed by atoms with van der Waals surface area (Å²) < 4.78 is 16.3. The largest absolute Gasteiger partial charge is 0.496 e. The first-order valence-electron chi connectivity index (χ1n) is 10.4. The monoisotopic (exact) mass is 401 g/mol. The summed E-state index contributed by atoms with van der Waals surface area (Å²) in [7, 11) is 3.37. The van der Waals surface area contributed by atoms with E-state index in [1.54, 1.807) is 14.2 Å². The maximum absolute atomic E-state index is 12.7. The molecule has 1 saturated heterocycles. The Morgan fingerprint density at radius 2 is 1.93 bits per heavy atom. The Labute approximate surface area is 172 Å². The van der Waals surface area contributed by atoms with Crippen LogP contribution in [-0.4, -0.2) is 54.4 Å². The zero-order valence-electron chi connectivity index (χ0n) is 17.4. The number of benzene rings is 1. The van der Waals surface area contributed by atoms with Crippen LogP contribution >= 0.6 is 0 Å². The maximum atomic E-state index is 12.7. The van der Waals surface area contributed by atoms with E-state index in [0.717, 1.165) is 43.5 Å². The first-order valence-corrected chi connectivity index (χ1v) is 10.4. The van der Waals surface area contributed by atoms with E-state index >= 15 is 0 Å². The zero-order chi connectivity index (χ0) is 20.5. The Morgan fingerprint density at radius 3 is 2.72 bits per heavy atom. The highest BCUT2D eigenvalue weighted by molar-refractivity contribution is 5.76.